The molecule has 0 aliphatic heterocycles. The average molecular weight is 278 g/mol. The molecule has 0 radical (unpaired) electrons. The van der Waals surface area contributed by atoms with Crippen molar-refractivity contribution in [2.24, 2.45) is 11.8 Å². The van der Waals surface area contributed by atoms with Gasteiger partial charge in [-0.2, -0.15) is 4.98 Å². The Morgan fingerprint density at radius 2 is 2.00 bits per heavy atom. The van der Waals surface area contributed by atoms with Crippen LogP contribution >= 0.6 is 0 Å². The van der Waals surface area contributed by atoms with Crippen LogP contribution in [-0.4, -0.2) is 20.6 Å². The van der Waals surface area contributed by atoms with Gasteiger partial charge in [0.05, 0.1) is 5.92 Å². The zero-order chi connectivity index (χ0) is 15.0. The van der Waals surface area contributed by atoms with Gasteiger partial charge in [-0.3, -0.25) is 9.36 Å². The molecule has 1 heterocycles. The van der Waals surface area contributed by atoms with E-state index in [2.05, 4.69) is 11.9 Å². The van der Waals surface area contributed by atoms with Crippen molar-refractivity contribution in [3.8, 4) is 0 Å². The summed E-state index contributed by atoms with van der Waals surface area (Å²) >= 11 is 0. The van der Waals surface area contributed by atoms with E-state index >= 15 is 0 Å². The lowest BCUT2D eigenvalue weighted by Crippen LogP contribution is -2.31. The van der Waals surface area contributed by atoms with Gasteiger partial charge in [0.2, 0.25) is 0 Å². The quantitative estimate of drug-likeness (QED) is 0.895. The van der Waals surface area contributed by atoms with E-state index in [0.29, 0.717) is 29.6 Å². The summed E-state index contributed by atoms with van der Waals surface area (Å²) in [6, 6.07) is 0. The third-order valence-electron chi connectivity index (χ3n) is 4.38. The highest BCUT2D eigenvalue weighted by molar-refractivity contribution is 5.76. The predicted molar refractivity (Wildman–Crippen MR) is 75.9 cm³/mol. The number of carbonyl (C=O) groups is 1. The van der Waals surface area contributed by atoms with Crippen molar-refractivity contribution in [1.29, 1.82) is 0 Å². The zero-order valence-corrected chi connectivity index (χ0v) is 12.5. The summed E-state index contributed by atoms with van der Waals surface area (Å²) in [7, 11) is 0. The second kappa shape index (κ2) is 5.38. The molecule has 1 saturated carbocycles. The molecule has 2 unspecified atom stereocenters. The Morgan fingerprint density at radius 1 is 1.40 bits per heavy atom. The van der Waals surface area contributed by atoms with Crippen LogP contribution < -0.4 is 5.69 Å². The van der Waals surface area contributed by atoms with Crippen molar-refractivity contribution >= 4 is 5.97 Å². The number of carboxylic acid groups (broad SMARTS) is 1. The fourth-order valence-corrected chi connectivity index (χ4v) is 2.88. The van der Waals surface area contributed by atoms with E-state index in [1.165, 1.54) is 12.8 Å². The molecule has 0 bridgehead atoms. The number of aliphatic carboxylic acids is 1. The molecule has 5 heteroatoms. The molecule has 0 amide bonds. The molecule has 0 aromatic carbocycles. The lowest BCUT2D eigenvalue weighted by Gasteiger charge is -2.20. The highest BCUT2D eigenvalue weighted by Crippen LogP contribution is 2.37. The van der Waals surface area contributed by atoms with E-state index < -0.39 is 11.9 Å². The number of aryl methyl sites for hydroxylation is 1. The average Bonchev–Trinajstić information content (AvgIpc) is 3.17. The number of rotatable bonds is 5. The van der Waals surface area contributed by atoms with Gasteiger partial charge in [0.15, 0.2) is 0 Å². The van der Waals surface area contributed by atoms with E-state index in [4.69, 9.17) is 0 Å². The fraction of sp³-hybridized carbons (Fsp3) is 0.667. The number of aromatic nitrogens is 2. The van der Waals surface area contributed by atoms with Gasteiger partial charge in [0.25, 0.3) is 0 Å². The summed E-state index contributed by atoms with van der Waals surface area (Å²) in [4.78, 5) is 27.3. The van der Waals surface area contributed by atoms with Crippen molar-refractivity contribution in [2.45, 2.75) is 53.0 Å². The largest absolute Gasteiger partial charge is 0.481 e. The molecule has 2 atom stereocenters. The van der Waals surface area contributed by atoms with Gasteiger partial charge in [-0.25, -0.2) is 4.79 Å². The third kappa shape index (κ3) is 2.76. The first-order valence-corrected chi connectivity index (χ1v) is 7.13. The van der Waals surface area contributed by atoms with Crippen molar-refractivity contribution in [3.63, 3.8) is 0 Å². The van der Waals surface area contributed by atoms with Crippen LogP contribution in [0.2, 0.25) is 0 Å². The SMILES string of the molecule is Cc1nc(=O)n(CC(C)C2CC2)c(C)c1C(C)C(=O)O. The van der Waals surface area contributed by atoms with Crippen LogP contribution in [0.4, 0.5) is 0 Å². The minimum Gasteiger partial charge on any atom is -0.481 e. The maximum atomic E-state index is 12.1. The fourth-order valence-electron chi connectivity index (χ4n) is 2.88. The Bertz CT molecular complexity index is 588. The minimum absolute atomic E-state index is 0.270. The first kappa shape index (κ1) is 14.8. The van der Waals surface area contributed by atoms with E-state index in [1.807, 2.05) is 6.92 Å². The van der Waals surface area contributed by atoms with E-state index in [9.17, 15) is 14.7 Å². The van der Waals surface area contributed by atoms with Crippen molar-refractivity contribution in [3.05, 3.63) is 27.4 Å². The Labute approximate surface area is 118 Å². The maximum Gasteiger partial charge on any atom is 0.347 e. The normalized spacial score (nSPS) is 17.8. The van der Waals surface area contributed by atoms with Crippen LogP contribution in [0.15, 0.2) is 4.79 Å². The summed E-state index contributed by atoms with van der Waals surface area (Å²) in [5, 5.41) is 9.21. The van der Waals surface area contributed by atoms with Crippen molar-refractivity contribution in [1.82, 2.24) is 9.55 Å². The lowest BCUT2D eigenvalue weighted by molar-refractivity contribution is -0.138. The van der Waals surface area contributed by atoms with Crippen LogP contribution in [0.3, 0.4) is 0 Å². The molecule has 5 nitrogen and oxygen atoms in total. The highest BCUT2D eigenvalue weighted by atomic mass is 16.4. The summed E-state index contributed by atoms with van der Waals surface area (Å²) in [5.74, 6) is -0.407. The summed E-state index contributed by atoms with van der Waals surface area (Å²) in [6.45, 7) is 7.94. The topological polar surface area (TPSA) is 72.2 Å². The molecular formula is C15H22N2O3. The first-order valence-electron chi connectivity index (χ1n) is 7.13. The molecular weight excluding hydrogens is 256 g/mol. The Hall–Kier alpha value is -1.65. The highest BCUT2D eigenvalue weighted by Gasteiger charge is 2.29. The van der Waals surface area contributed by atoms with Crippen molar-refractivity contribution in [2.75, 3.05) is 0 Å². The molecule has 1 aromatic rings. The standard InChI is InChI=1S/C15H22N2O3/c1-8(12-5-6-12)7-17-11(4)13(9(2)14(18)19)10(3)16-15(17)20/h8-9,12H,5-7H2,1-4H3,(H,18,19). The van der Waals surface area contributed by atoms with Gasteiger partial charge in [0.1, 0.15) is 0 Å². The molecule has 1 fully saturated rings. The monoisotopic (exact) mass is 278 g/mol. The Morgan fingerprint density at radius 3 is 2.50 bits per heavy atom. The van der Waals surface area contributed by atoms with Gasteiger partial charge in [0, 0.05) is 23.5 Å². The van der Waals surface area contributed by atoms with Gasteiger partial charge in [-0.05, 0) is 45.4 Å². The van der Waals surface area contributed by atoms with E-state index in [1.54, 1.807) is 18.4 Å². The molecule has 1 aromatic heterocycles. The maximum absolute atomic E-state index is 12.1. The Balaban J connectivity index is 2.43. The zero-order valence-electron chi connectivity index (χ0n) is 12.5. The molecule has 0 spiro atoms. The summed E-state index contributed by atoms with van der Waals surface area (Å²) in [5.41, 5.74) is 1.66. The second-order valence-corrected chi connectivity index (χ2v) is 5.96. The molecule has 20 heavy (non-hydrogen) atoms. The van der Waals surface area contributed by atoms with Crippen LogP contribution in [0, 0.1) is 25.7 Å². The summed E-state index contributed by atoms with van der Waals surface area (Å²) in [6.07, 6.45) is 2.46. The third-order valence-corrected chi connectivity index (χ3v) is 4.38. The minimum atomic E-state index is -0.890. The summed E-state index contributed by atoms with van der Waals surface area (Å²) < 4.78 is 1.64. The van der Waals surface area contributed by atoms with Gasteiger partial charge < -0.3 is 5.11 Å². The van der Waals surface area contributed by atoms with Gasteiger partial charge in [-0.15, -0.1) is 0 Å². The lowest BCUT2D eigenvalue weighted by atomic mass is 9.97. The van der Waals surface area contributed by atoms with E-state index in [0.717, 1.165) is 5.69 Å². The molecule has 0 saturated heterocycles. The van der Waals surface area contributed by atoms with Crippen LogP contribution in [-0.2, 0) is 11.3 Å². The smallest absolute Gasteiger partial charge is 0.347 e. The molecule has 1 aliphatic carbocycles. The number of carboxylic acids is 1. The predicted octanol–water partition coefficient (Wildman–Crippen LogP) is 2.09. The number of hydrogen-bond donors (Lipinski definition) is 1. The molecule has 110 valence electrons. The molecule has 1 N–H and O–H groups in total. The molecule has 2 rings (SSSR count). The van der Waals surface area contributed by atoms with Crippen LogP contribution in [0.5, 0.6) is 0 Å². The van der Waals surface area contributed by atoms with Crippen molar-refractivity contribution < 1.29 is 9.90 Å². The molecule has 1 aliphatic rings. The van der Waals surface area contributed by atoms with Gasteiger partial charge >= 0.3 is 11.7 Å². The Kier molecular flexibility index (Phi) is 3.97. The number of nitrogens with zero attached hydrogens (tertiary/aromatic N) is 2. The van der Waals surface area contributed by atoms with Crippen LogP contribution in [0.25, 0.3) is 0 Å². The first-order chi connectivity index (χ1) is 9.32. The van der Waals surface area contributed by atoms with Gasteiger partial charge in [-0.1, -0.05) is 6.92 Å². The number of hydrogen-bond acceptors (Lipinski definition) is 3. The van der Waals surface area contributed by atoms with Crippen LogP contribution in [0.1, 0.15) is 49.6 Å². The second-order valence-electron chi connectivity index (χ2n) is 5.96. The van der Waals surface area contributed by atoms with E-state index in [-0.39, 0.29) is 5.69 Å².